The average molecular weight is 401 g/mol. The number of hydrogen-bond donors (Lipinski definition) is 1. The van der Waals surface area contributed by atoms with Crippen molar-refractivity contribution < 1.29 is 4.79 Å². The first-order valence-corrected chi connectivity index (χ1v) is 9.60. The molecule has 9 heteroatoms. The van der Waals surface area contributed by atoms with Gasteiger partial charge in [0.15, 0.2) is 5.13 Å². The molecule has 3 aromatic heterocycles. The van der Waals surface area contributed by atoms with E-state index in [9.17, 15) is 4.79 Å². The molecule has 0 fully saturated rings. The van der Waals surface area contributed by atoms with Crippen LogP contribution in [0.5, 0.6) is 0 Å². The number of hydrogen-bond acceptors (Lipinski definition) is 5. The van der Waals surface area contributed by atoms with Gasteiger partial charge in [-0.15, -0.1) is 11.3 Å². The molecule has 0 unspecified atom stereocenters. The maximum Gasteiger partial charge on any atom is 0.226 e. The summed E-state index contributed by atoms with van der Waals surface area (Å²) in [5.41, 5.74) is 3.56. The summed E-state index contributed by atoms with van der Waals surface area (Å²) >= 11 is 7.42. The highest BCUT2D eigenvalue weighted by molar-refractivity contribution is 7.14. The van der Waals surface area contributed by atoms with Gasteiger partial charge in [0.25, 0.3) is 0 Å². The lowest BCUT2D eigenvalue weighted by atomic mass is 10.3. The van der Waals surface area contributed by atoms with Gasteiger partial charge in [0.1, 0.15) is 5.82 Å². The molecule has 0 saturated heterocycles. The SMILES string of the molecule is Cn1cc(-c2csc(NC(=O)CCc3nc4cc(Cl)ccc4n3C)n2)cn1. The number of rotatable bonds is 5. The first-order valence-electron chi connectivity index (χ1n) is 8.35. The van der Waals surface area contributed by atoms with Gasteiger partial charge >= 0.3 is 0 Å². The zero-order valence-corrected chi connectivity index (χ0v) is 16.4. The standard InChI is InChI=1S/C18H17ClN6OS/c1-24-9-11(8-20-24)14-10-27-18(22-14)23-17(26)6-5-16-21-13-7-12(19)3-4-15(13)25(16)2/h3-4,7-10H,5-6H2,1-2H3,(H,22,23,26). The number of nitrogens with one attached hydrogen (secondary N) is 1. The summed E-state index contributed by atoms with van der Waals surface area (Å²) in [6.45, 7) is 0. The van der Waals surface area contributed by atoms with E-state index in [1.807, 2.05) is 48.4 Å². The highest BCUT2D eigenvalue weighted by Gasteiger charge is 2.12. The van der Waals surface area contributed by atoms with Gasteiger partial charge in [-0.3, -0.25) is 9.48 Å². The van der Waals surface area contributed by atoms with Gasteiger partial charge in [-0.2, -0.15) is 5.10 Å². The van der Waals surface area contributed by atoms with E-state index in [-0.39, 0.29) is 5.91 Å². The minimum Gasteiger partial charge on any atom is -0.331 e. The summed E-state index contributed by atoms with van der Waals surface area (Å²) in [4.78, 5) is 21.3. The lowest BCUT2D eigenvalue weighted by molar-refractivity contribution is -0.116. The molecule has 0 bridgehead atoms. The van der Waals surface area contributed by atoms with Gasteiger partial charge in [0.2, 0.25) is 5.91 Å². The normalized spacial score (nSPS) is 11.2. The fourth-order valence-corrected chi connectivity index (χ4v) is 3.77. The summed E-state index contributed by atoms with van der Waals surface area (Å²) < 4.78 is 3.71. The van der Waals surface area contributed by atoms with Gasteiger partial charge in [-0.25, -0.2) is 9.97 Å². The van der Waals surface area contributed by atoms with Crippen molar-refractivity contribution in [3.63, 3.8) is 0 Å². The number of carbonyl (C=O) groups excluding carboxylic acids is 1. The summed E-state index contributed by atoms with van der Waals surface area (Å²) in [6.07, 6.45) is 4.50. The molecule has 0 saturated carbocycles. The Bertz CT molecular complexity index is 1130. The van der Waals surface area contributed by atoms with Crippen LogP contribution >= 0.6 is 22.9 Å². The molecule has 3 heterocycles. The number of aromatic nitrogens is 5. The molecule has 4 aromatic rings. The third kappa shape index (κ3) is 3.72. The smallest absolute Gasteiger partial charge is 0.226 e. The summed E-state index contributed by atoms with van der Waals surface area (Å²) in [5, 5.41) is 10.1. The number of carbonyl (C=O) groups is 1. The van der Waals surface area contributed by atoms with Crippen LogP contribution in [0.4, 0.5) is 5.13 Å². The summed E-state index contributed by atoms with van der Waals surface area (Å²) in [5.74, 6) is 0.754. The van der Waals surface area contributed by atoms with Crippen LogP contribution in [-0.4, -0.2) is 30.2 Å². The molecule has 0 radical (unpaired) electrons. The number of anilines is 1. The molecule has 0 aliphatic heterocycles. The van der Waals surface area contributed by atoms with E-state index >= 15 is 0 Å². The Morgan fingerprint density at radius 3 is 2.93 bits per heavy atom. The maximum atomic E-state index is 12.3. The van der Waals surface area contributed by atoms with Crippen LogP contribution in [0.3, 0.4) is 0 Å². The second kappa shape index (κ2) is 7.13. The molecule has 27 heavy (non-hydrogen) atoms. The van der Waals surface area contributed by atoms with E-state index < -0.39 is 0 Å². The third-order valence-corrected chi connectivity index (χ3v) is 5.26. The lowest BCUT2D eigenvalue weighted by Gasteiger charge is -2.03. The Hall–Kier alpha value is -2.71. The van der Waals surface area contributed by atoms with E-state index in [1.165, 1.54) is 11.3 Å². The molecule has 1 N–H and O–H groups in total. The van der Waals surface area contributed by atoms with E-state index in [4.69, 9.17) is 11.6 Å². The molecule has 0 atom stereocenters. The van der Waals surface area contributed by atoms with Gasteiger partial charge in [-0.1, -0.05) is 11.6 Å². The summed E-state index contributed by atoms with van der Waals surface area (Å²) in [6, 6.07) is 5.60. The number of nitrogens with zero attached hydrogens (tertiary/aromatic N) is 5. The molecular formula is C18H17ClN6OS. The third-order valence-electron chi connectivity index (χ3n) is 4.26. The van der Waals surface area contributed by atoms with Crippen molar-refractivity contribution in [1.82, 2.24) is 24.3 Å². The van der Waals surface area contributed by atoms with E-state index in [0.717, 1.165) is 28.1 Å². The predicted octanol–water partition coefficient (Wildman–Crippen LogP) is 3.66. The number of benzene rings is 1. The molecule has 138 valence electrons. The Morgan fingerprint density at radius 2 is 2.15 bits per heavy atom. The van der Waals surface area contributed by atoms with Crippen LogP contribution in [0.15, 0.2) is 36.0 Å². The van der Waals surface area contributed by atoms with Crippen LogP contribution < -0.4 is 5.32 Å². The molecule has 1 aromatic carbocycles. The van der Waals surface area contributed by atoms with Crippen molar-refractivity contribution in [2.75, 3.05) is 5.32 Å². The minimum absolute atomic E-state index is 0.0906. The number of imidazole rings is 1. The topological polar surface area (TPSA) is 77.6 Å². The quantitative estimate of drug-likeness (QED) is 0.554. The fraction of sp³-hybridized carbons (Fsp3) is 0.222. The second-order valence-corrected chi connectivity index (χ2v) is 7.50. The van der Waals surface area contributed by atoms with Gasteiger partial charge in [-0.05, 0) is 18.2 Å². The zero-order valence-electron chi connectivity index (χ0n) is 14.8. The van der Waals surface area contributed by atoms with Crippen molar-refractivity contribution in [3.05, 3.63) is 46.8 Å². The largest absolute Gasteiger partial charge is 0.331 e. The minimum atomic E-state index is -0.0906. The summed E-state index contributed by atoms with van der Waals surface area (Å²) in [7, 11) is 3.80. The van der Waals surface area contributed by atoms with Crippen molar-refractivity contribution >= 4 is 45.0 Å². The highest BCUT2D eigenvalue weighted by Crippen LogP contribution is 2.25. The lowest BCUT2D eigenvalue weighted by Crippen LogP contribution is -2.13. The van der Waals surface area contributed by atoms with Gasteiger partial charge in [0, 0.05) is 49.1 Å². The Morgan fingerprint density at radius 1 is 1.30 bits per heavy atom. The zero-order chi connectivity index (χ0) is 19.0. The fourth-order valence-electron chi connectivity index (χ4n) is 2.87. The van der Waals surface area contributed by atoms with Gasteiger partial charge in [0.05, 0.1) is 22.9 Å². The molecular weight excluding hydrogens is 384 g/mol. The number of amides is 1. The van der Waals surface area contributed by atoms with Crippen molar-refractivity contribution in [2.45, 2.75) is 12.8 Å². The second-order valence-electron chi connectivity index (χ2n) is 6.21. The van der Waals surface area contributed by atoms with E-state index in [1.54, 1.807) is 10.9 Å². The molecule has 0 spiro atoms. The van der Waals surface area contributed by atoms with E-state index in [0.29, 0.717) is 23.0 Å². The number of aryl methyl sites for hydroxylation is 3. The van der Waals surface area contributed by atoms with Crippen LogP contribution in [0.2, 0.25) is 5.02 Å². The molecule has 0 aliphatic carbocycles. The maximum absolute atomic E-state index is 12.3. The highest BCUT2D eigenvalue weighted by atomic mass is 35.5. The van der Waals surface area contributed by atoms with Crippen LogP contribution in [0.1, 0.15) is 12.2 Å². The van der Waals surface area contributed by atoms with Crippen molar-refractivity contribution in [1.29, 1.82) is 0 Å². The van der Waals surface area contributed by atoms with Crippen LogP contribution in [0.25, 0.3) is 22.3 Å². The van der Waals surface area contributed by atoms with Crippen molar-refractivity contribution in [2.24, 2.45) is 14.1 Å². The molecule has 7 nitrogen and oxygen atoms in total. The first-order chi connectivity index (χ1) is 13.0. The molecule has 0 aliphatic rings. The van der Waals surface area contributed by atoms with Crippen molar-refractivity contribution in [3.8, 4) is 11.3 Å². The van der Waals surface area contributed by atoms with Gasteiger partial charge < -0.3 is 9.88 Å². The first kappa shape index (κ1) is 17.7. The molecule has 4 rings (SSSR count). The number of halogens is 1. The number of fused-ring (bicyclic) bond motifs is 1. The van der Waals surface area contributed by atoms with E-state index in [2.05, 4.69) is 20.4 Å². The van der Waals surface area contributed by atoms with Crippen LogP contribution in [0, 0.1) is 0 Å². The van der Waals surface area contributed by atoms with Crippen LogP contribution in [-0.2, 0) is 25.3 Å². The monoisotopic (exact) mass is 400 g/mol. The predicted molar refractivity (Wildman–Crippen MR) is 107 cm³/mol. The Labute approximate surface area is 164 Å². The number of thiazole rings is 1. The average Bonchev–Trinajstić information content (AvgIpc) is 3.33. The Kier molecular flexibility index (Phi) is 4.67. The Balaban J connectivity index is 1.40. The molecule has 1 amide bonds.